The van der Waals surface area contributed by atoms with Gasteiger partial charge < -0.3 is 29.3 Å². The van der Waals surface area contributed by atoms with E-state index in [0.29, 0.717) is 49.0 Å². The quantitative estimate of drug-likeness (QED) is 0.404. The summed E-state index contributed by atoms with van der Waals surface area (Å²) in [5, 5.41) is 4.87. The van der Waals surface area contributed by atoms with Gasteiger partial charge in [-0.25, -0.2) is 9.78 Å². The van der Waals surface area contributed by atoms with Crippen molar-refractivity contribution in [3.05, 3.63) is 77.5 Å². The van der Waals surface area contributed by atoms with Gasteiger partial charge in [-0.3, -0.25) is 14.9 Å². The van der Waals surface area contributed by atoms with Crippen molar-refractivity contribution in [3.8, 4) is 17.2 Å². The molecule has 0 aliphatic carbocycles. The lowest BCUT2D eigenvalue weighted by Crippen LogP contribution is -2.42. The van der Waals surface area contributed by atoms with E-state index in [1.165, 1.54) is 0 Å². The molecule has 39 heavy (non-hydrogen) atoms. The molecular weight excluding hydrogens is 502 g/mol. The second-order valence-corrected chi connectivity index (χ2v) is 9.12. The summed E-state index contributed by atoms with van der Waals surface area (Å²) in [5.74, 6) is 2.51. The second kappa shape index (κ2) is 11.8. The first-order valence-corrected chi connectivity index (χ1v) is 12.6. The van der Waals surface area contributed by atoms with Gasteiger partial charge >= 0.3 is 6.03 Å². The summed E-state index contributed by atoms with van der Waals surface area (Å²) >= 11 is 0. The molecule has 2 aromatic carbocycles. The first-order valence-electron chi connectivity index (χ1n) is 12.6. The molecule has 2 N–H and O–H groups in total. The predicted molar refractivity (Wildman–Crippen MR) is 142 cm³/mol. The zero-order chi connectivity index (χ0) is 27.2. The Kier molecular flexibility index (Phi) is 7.88. The van der Waals surface area contributed by atoms with E-state index in [1.54, 1.807) is 36.4 Å². The maximum atomic E-state index is 13.1. The molecule has 0 bridgehead atoms. The summed E-state index contributed by atoms with van der Waals surface area (Å²) in [7, 11) is 1.55. The van der Waals surface area contributed by atoms with Crippen LogP contribution in [0.4, 0.5) is 10.6 Å². The Hall–Kier alpha value is -4.64. The third kappa shape index (κ3) is 6.10. The molecule has 1 atom stereocenters. The lowest BCUT2D eigenvalue weighted by molar-refractivity contribution is -0.108. The normalized spacial score (nSPS) is 15.4. The first kappa shape index (κ1) is 26.0. The Morgan fingerprint density at radius 1 is 1.08 bits per heavy atom. The number of hydrogen-bond donors (Lipinski definition) is 2. The minimum Gasteiger partial charge on any atom is -0.497 e. The van der Waals surface area contributed by atoms with Gasteiger partial charge in [-0.2, -0.15) is 0 Å². The van der Waals surface area contributed by atoms with Crippen molar-refractivity contribution < 1.29 is 28.6 Å². The smallest absolute Gasteiger partial charge is 0.321 e. The third-order valence-electron chi connectivity index (χ3n) is 6.67. The van der Waals surface area contributed by atoms with Crippen molar-refractivity contribution in [1.29, 1.82) is 0 Å². The fraction of sp³-hybridized carbons (Fsp3) is 0.286. The molecule has 202 valence electrons. The van der Waals surface area contributed by atoms with E-state index >= 15 is 0 Å². The molecule has 3 heterocycles. The van der Waals surface area contributed by atoms with Gasteiger partial charge in [0.1, 0.15) is 23.1 Å². The zero-order valence-corrected chi connectivity index (χ0v) is 21.5. The van der Waals surface area contributed by atoms with Gasteiger partial charge in [-0.1, -0.05) is 18.2 Å². The highest BCUT2D eigenvalue weighted by atomic mass is 16.5. The standard InChI is InChI=1S/C28H29N5O6/c1-37-22-7-4-20-16-33(27(35)24(20)14-22)17-25(31-28(36)30-18-34)19-2-5-21(6-3-19)39-23-8-9-26(29-15-23)32-10-12-38-13-11-32/h2-9,14-15,18,25H,10-13,16-17H2,1H3,(H2,30,31,34,36)/t25-/m0/s1. The molecule has 1 aromatic heterocycles. The van der Waals surface area contributed by atoms with Crippen LogP contribution < -0.4 is 25.0 Å². The fourth-order valence-corrected chi connectivity index (χ4v) is 4.64. The number of rotatable bonds is 9. The number of morpholine rings is 1. The number of aromatic nitrogens is 1. The van der Waals surface area contributed by atoms with E-state index in [2.05, 4.69) is 20.5 Å². The van der Waals surface area contributed by atoms with Crippen molar-refractivity contribution in [3.63, 3.8) is 0 Å². The molecule has 0 spiro atoms. The van der Waals surface area contributed by atoms with Crippen LogP contribution in [-0.2, 0) is 16.1 Å². The maximum absolute atomic E-state index is 13.1. The lowest BCUT2D eigenvalue weighted by Gasteiger charge is -2.27. The number of nitrogens with one attached hydrogen (secondary N) is 2. The summed E-state index contributed by atoms with van der Waals surface area (Å²) in [6, 6.07) is 15.1. The number of fused-ring (bicyclic) bond motifs is 1. The van der Waals surface area contributed by atoms with Gasteiger partial charge in [-0.15, -0.1) is 0 Å². The molecule has 0 saturated carbocycles. The van der Waals surface area contributed by atoms with E-state index in [-0.39, 0.29) is 12.5 Å². The second-order valence-electron chi connectivity index (χ2n) is 9.12. The van der Waals surface area contributed by atoms with Crippen LogP contribution in [0.15, 0.2) is 60.8 Å². The van der Waals surface area contributed by atoms with E-state index in [9.17, 15) is 14.4 Å². The fourth-order valence-electron chi connectivity index (χ4n) is 4.64. The Labute approximate surface area is 225 Å². The monoisotopic (exact) mass is 531 g/mol. The summed E-state index contributed by atoms with van der Waals surface area (Å²) in [4.78, 5) is 44.4. The SMILES string of the molecule is COc1ccc2c(c1)C(=O)N(C[C@H](NC(=O)NC=O)c1ccc(Oc3ccc(N4CCOCC4)nc3)cc1)C2. The number of pyridine rings is 1. The highest BCUT2D eigenvalue weighted by Crippen LogP contribution is 2.30. The summed E-state index contributed by atoms with van der Waals surface area (Å²) < 4.78 is 16.6. The summed E-state index contributed by atoms with van der Waals surface area (Å²) in [6.07, 6.45) is 1.99. The van der Waals surface area contributed by atoms with E-state index in [1.807, 2.05) is 36.4 Å². The van der Waals surface area contributed by atoms with Gasteiger partial charge in [0.15, 0.2) is 0 Å². The molecule has 11 nitrogen and oxygen atoms in total. The number of imide groups is 1. The number of hydrogen-bond acceptors (Lipinski definition) is 8. The highest BCUT2D eigenvalue weighted by Gasteiger charge is 2.30. The average Bonchev–Trinajstić information content (AvgIpc) is 3.28. The van der Waals surface area contributed by atoms with Gasteiger partial charge in [-0.05, 0) is 47.5 Å². The summed E-state index contributed by atoms with van der Waals surface area (Å²) in [5.41, 5.74) is 2.20. The number of methoxy groups -OCH3 is 1. The Morgan fingerprint density at radius 2 is 1.82 bits per heavy atom. The van der Waals surface area contributed by atoms with Crippen LogP contribution in [0.2, 0.25) is 0 Å². The molecular formula is C28H29N5O6. The number of amides is 4. The number of carbonyl (C=O) groups is 3. The highest BCUT2D eigenvalue weighted by molar-refractivity contribution is 5.98. The number of benzene rings is 2. The van der Waals surface area contributed by atoms with Crippen LogP contribution in [0.1, 0.15) is 27.5 Å². The number of carbonyl (C=O) groups excluding carboxylic acids is 3. The minimum atomic E-state index is -0.660. The number of nitrogens with zero attached hydrogens (tertiary/aromatic N) is 3. The molecule has 2 aliphatic rings. The van der Waals surface area contributed by atoms with E-state index in [0.717, 1.165) is 30.0 Å². The predicted octanol–water partition coefficient (Wildman–Crippen LogP) is 2.87. The van der Waals surface area contributed by atoms with Crippen molar-refractivity contribution in [2.45, 2.75) is 12.6 Å². The lowest BCUT2D eigenvalue weighted by atomic mass is 10.1. The molecule has 11 heteroatoms. The summed E-state index contributed by atoms with van der Waals surface area (Å²) in [6.45, 7) is 3.59. The molecule has 4 amide bonds. The Bertz CT molecular complexity index is 1330. The van der Waals surface area contributed by atoms with Crippen LogP contribution >= 0.6 is 0 Å². The zero-order valence-electron chi connectivity index (χ0n) is 21.5. The largest absolute Gasteiger partial charge is 0.497 e. The molecule has 3 aromatic rings. The number of urea groups is 1. The van der Waals surface area contributed by atoms with Crippen LogP contribution in [0.25, 0.3) is 0 Å². The molecule has 1 fully saturated rings. The van der Waals surface area contributed by atoms with Crippen molar-refractivity contribution in [1.82, 2.24) is 20.5 Å². The van der Waals surface area contributed by atoms with Gasteiger partial charge in [0.25, 0.3) is 5.91 Å². The van der Waals surface area contributed by atoms with Crippen molar-refractivity contribution >= 4 is 24.2 Å². The average molecular weight is 532 g/mol. The van der Waals surface area contributed by atoms with Crippen LogP contribution in [-0.4, -0.2) is 68.2 Å². The van der Waals surface area contributed by atoms with Crippen LogP contribution in [0, 0.1) is 0 Å². The minimum absolute atomic E-state index is 0.153. The molecule has 5 rings (SSSR count). The Balaban J connectivity index is 1.27. The molecule has 0 unspecified atom stereocenters. The van der Waals surface area contributed by atoms with Gasteiger partial charge in [0, 0.05) is 31.7 Å². The third-order valence-corrected chi connectivity index (χ3v) is 6.67. The molecule has 0 radical (unpaired) electrons. The molecule has 2 aliphatic heterocycles. The first-order chi connectivity index (χ1) is 19.0. The molecule has 1 saturated heterocycles. The topological polar surface area (TPSA) is 122 Å². The van der Waals surface area contributed by atoms with Gasteiger partial charge in [0.2, 0.25) is 6.41 Å². The van der Waals surface area contributed by atoms with Crippen LogP contribution in [0.5, 0.6) is 17.2 Å². The van der Waals surface area contributed by atoms with E-state index < -0.39 is 12.1 Å². The number of anilines is 1. The van der Waals surface area contributed by atoms with Gasteiger partial charge in [0.05, 0.1) is 32.6 Å². The Morgan fingerprint density at radius 3 is 2.51 bits per heavy atom. The van der Waals surface area contributed by atoms with Crippen molar-refractivity contribution in [2.75, 3.05) is 44.9 Å². The number of ether oxygens (including phenoxy) is 3. The van der Waals surface area contributed by atoms with Crippen LogP contribution in [0.3, 0.4) is 0 Å². The van der Waals surface area contributed by atoms with E-state index in [4.69, 9.17) is 14.2 Å². The van der Waals surface area contributed by atoms with Crippen molar-refractivity contribution in [2.24, 2.45) is 0 Å². The maximum Gasteiger partial charge on any atom is 0.321 e.